The molecular weight excluding hydrogens is 242 g/mol. The van der Waals surface area contributed by atoms with Crippen molar-refractivity contribution in [1.82, 2.24) is 14.7 Å². The monoisotopic (exact) mass is 263 g/mol. The van der Waals surface area contributed by atoms with Gasteiger partial charge in [-0.15, -0.1) is 0 Å². The molecule has 4 heterocycles. The molecule has 3 fully saturated rings. The van der Waals surface area contributed by atoms with Gasteiger partial charge in [-0.2, -0.15) is 5.10 Å². The van der Waals surface area contributed by atoms with Crippen LogP contribution < -0.4 is 0 Å². The lowest BCUT2D eigenvalue weighted by Crippen LogP contribution is -2.58. The smallest absolute Gasteiger partial charge is 0.0777 e. The molecule has 0 spiro atoms. The number of ether oxygens (including phenoxy) is 2. The van der Waals surface area contributed by atoms with Gasteiger partial charge >= 0.3 is 0 Å². The average Bonchev–Trinajstić information content (AvgIpc) is 2.88. The molecule has 1 aromatic rings. The fourth-order valence-corrected chi connectivity index (χ4v) is 3.28. The SMILES string of the molecule is Cc1cc(C2CN(C3COC3)C2)n(C2CCOC2)n1. The molecule has 0 amide bonds. The number of hydrogen-bond acceptors (Lipinski definition) is 4. The third kappa shape index (κ3) is 2.00. The maximum atomic E-state index is 5.51. The molecular formula is C14H21N3O2. The summed E-state index contributed by atoms with van der Waals surface area (Å²) in [5.74, 6) is 0.641. The van der Waals surface area contributed by atoms with Crippen LogP contribution in [0, 0.1) is 6.92 Å². The molecule has 4 rings (SSSR count). The Kier molecular flexibility index (Phi) is 2.86. The van der Waals surface area contributed by atoms with Crippen molar-refractivity contribution in [1.29, 1.82) is 0 Å². The summed E-state index contributed by atoms with van der Waals surface area (Å²) in [6, 6.07) is 3.38. The molecule has 1 atom stereocenters. The Bertz CT molecular complexity index is 457. The molecule has 0 aliphatic carbocycles. The van der Waals surface area contributed by atoms with Crippen LogP contribution >= 0.6 is 0 Å². The van der Waals surface area contributed by atoms with E-state index in [-0.39, 0.29) is 0 Å². The van der Waals surface area contributed by atoms with Crippen LogP contribution in [0.1, 0.15) is 29.8 Å². The first-order valence-corrected chi connectivity index (χ1v) is 7.27. The largest absolute Gasteiger partial charge is 0.379 e. The zero-order valence-electron chi connectivity index (χ0n) is 11.4. The lowest BCUT2D eigenvalue weighted by atomic mass is 9.93. The Labute approximate surface area is 113 Å². The van der Waals surface area contributed by atoms with Crippen molar-refractivity contribution >= 4 is 0 Å². The van der Waals surface area contributed by atoms with Crippen LogP contribution in [0.25, 0.3) is 0 Å². The molecule has 3 saturated heterocycles. The van der Waals surface area contributed by atoms with E-state index >= 15 is 0 Å². The van der Waals surface area contributed by atoms with E-state index in [1.54, 1.807) is 0 Å². The highest BCUT2D eigenvalue weighted by atomic mass is 16.5. The maximum absolute atomic E-state index is 5.51. The lowest BCUT2D eigenvalue weighted by molar-refractivity contribution is -0.0914. The van der Waals surface area contributed by atoms with Gasteiger partial charge in [-0.25, -0.2) is 0 Å². The maximum Gasteiger partial charge on any atom is 0.0777 e. The van der Waals surface area contributed by atoms with Crippen LogP contribution in [0.2, 0.25) is 0 Å². The Balaban J connectivity index is 1.48. The van der Waals surface area contributed by atoms with E-state index in [0.29, 0.717) is 18.0 Å². The highest BCUT2D eigenvalue weighted by Crippen LogP contribution is 2.33. The van der Waals surface area contributed by atoms with Gasteiger partial charge in [-0.05, 0) is 19.4 Å². The van der Waals surface area contributed by atoms with E-state index in [0.717, 1.165) is 51.6 Å². The van der Waals surface area contributed by atoms with Gasteiger partial charge in [0.25, 0.3) is 0 Å². The Morgan fingerprint density at radius 2 is 1.95 bits per heavy atom. The summed E-state index contributed by atoms with van der Waals surface area (Å²) in [5, 5.41) is 4.69. The topological polar surface area (TPSA) is 39.5 Å². The van der Waals surface area contributed by atoms with Gasteiger partial charge in [0.1, 0.15) is 0 Å². The summed E-state index contributed by atoms with van der Waals surface area (Å²) in [5.41, 5.74) is 2.54. The quantitative estimate of drug-likeness (QED) is 0.814. The van der Waals surface area contributed by atoms with Crippen LogP contribution in [0.5, 0.6) is 0 Å². The minimum absolute atomic E-state index is 0.449. The van der Waals surface area contributed by atoms with Crippen molar-refractivity contribution in [2.24, 2.45) is 0 Å². The molecule has 3 aliphatic rings. The van der Waals surface area contributed by atoms with E-state index in [9.17, 15) is 0 Å². The molecule has 5 nitrogen and oxygen atoms in total. The van der Waals surface area contributed by atoms with Crippen molar-refractivity contribution in [2.75, 3.05) is 39.5 Å². The van der Waals surface area contributed by atoms with Gasteiger partial charge in [0, 0.05) is 31.3 Å². The Hall–Kier alpha value is -0.910. The summed E-state index contributed by atoms with van der Waals surface area (Å²) < 4.78 is 13.0. The minimum Gasteiger partial charge on any atom is -0.379 e. The first-order valence-electron chi connectivity index (χ1n) is 7.27. The van der Waals surface area contributed by atoms with Crippen LogP contribution in [0.3, 0.4) is 0 Å². The highest BCUT2D eigenvalue weighted by Gasteiger charge is 2.38. The minimum atomic E-state index is 0.449. The highest BCUT2D eigenvalue weighted by molar-refractivity contribution is 5.19. The second kappa shape index (κ2) is 4.58. The number of rotatable bonds is 3. The standard InChI is InChI=1S/C14H21N3O2/c1-10-4-14(17(15-10)12-2-3-18-7-12)11-5-16(6-11)13-8-19-9-13/h4,11-13H,2-3,5-9H2,1H3. The molecule has 5 heteroatoms. The van der Waals surface area contributed by atoms with Gasteiger partial charge in [-0.3, -0.25) is 9.58 Å². The molecule has 1 unspecified atom stereocenters. The van der Waals surface area contributed by atoms with Crippen LogP contribution in [-0.4, -0.2) is 60.2 Å². The molecule has 0 saturated carbocycles. The molecule has 0 bridgehead atoms. The summed E-state index contributed by atoms with van der Waals surface area (Å²) in [4.78, 5) is 2.53. The van der Waals surface area contributed by atoms with Crippen molar-refractivity contribution < 1.29 is 9.47 Å². The number of aryl methyl sites for hydroxylation is 1. The van der Waals surface area contributed by atoms with Gasteiger partial charge in [0.15, 0.2) is 0 Å². The molecule has 0 radical (unpaired) electrons. The van der Waals surface area contributed by atoms with Crippen LogP contribution in [-0.2, 0) is 9.47 Å². The first kappa shape index (κ1) is 11.9. The number of nitrogens with zero attached hydrogens (tertiary/aromatic N) is 3. The molecule has 0 N–H and O–H groups in total. The van der Waals surface area contributed by atoms with E-state index in [1.807, 2.05) is 0 Å². The van der Waals surface area contributed by atoms with Crippen molar-refractivity contribution in [2.45, 2.75) is 31.3 Å². The second-order valence-electron chi connectivity index (χ2n) is 6.01. The van der Waals surface area contributed by atoms with Crippen LogP contribution in [0.4, 0.5) is 0 Å². The summed E-state index contributed by atoms with van der Waals surface area (Å²) in [7, 11) is 0. The van der Waals surface area contributed by atoms with E-state index in [4.69, 9.17) is 14.6 Å². The molecule has 3 aliphatic heterocycles. The van der Waals surface area contributed by atoms with Crippen molar-refractivity contribution in [3.05, 3.63) is 17.5 Å². The molecule has 0 aromatic carbocycles. The predicted octanol–water partition coefficient (Wildman–Crippen LogP) is 0.951. The van der Waals surface area contributed by atoms with Crippen molar-refractivity contribution in [3.8, 4) is 0 Å². The van der Waals surface area contributed by atoms with Gasteiger partial charge in [0.05, 0.1) is 37.6 Å². The van der Waals surface area contributed by atoms with Crippen LogP contribution in [0.15, 0.2) is 6.07 Å². The van der Waals surface area contributed by atoms with E-state index in [2.05, 4.69) is 22.6 Å². The normalized spacial score (nSPS) is 29.4. The first-order chi connectivity index (χ1) is 9.31. The number of aromatic nitrogens is 2. The van der Waals surface area contributed by atoms with Gasteiger partial charge in [-0.1, -0.05) is 0 Å². The Morgan fingerprint density at radius 3 is 2.58 bits per heavy atom. The lowest BCUT2D eigenvalue weighted by Gasteiger charge is -2.47. The van der Waals surface area contributed by atoms with Gasteiger partial charge < -0.3 is 9.47 Å². The summed E-state index contributed by atoms with van der Waals surface area (Å²) in [6.45, 7) is 7.94. The predicted molar refractivity (Wildman–Crippen MR) is 70.4 cm³/mol. The zero-order valence-corrected chi connectivity index (χ0v) is 11.4. The van der Waals surface area contributed by atoms with Gasteiger partial charge in [0.2, 0.25) is 0 Å². The average molecular weight is 263 g/mol. The zero-order chi connectivity index (χ0) is 12.8. The second-order valence-corrected chi connectivity index (χ2v) is 6.01. The van der Waals surface area contributed by atoms with E-state index in [1.165, 1.54) is 5.69 Å². The third-order valence-electron chi connectivity index (χ3n) is 4.60. The molecule has 104 valence electrons. The molecule has 19 heavy (non-hydrogen) atoms. The fourth-order valence-electron chi connectivity index (χ4n) is 3.28. The third-order valence-corrected chi connectivity index (χ3v) is 4.60. The number of hydrogen-bond donors (Lipinski definition) is 0. The summed E-state index contributed by atoms with van der Waals surface area (Å²) in [6.07, 6.45) is 1.10. The molecule has 1 aromatic heterocycles. The number of likely N-dealkylation sites (tertiary alicyclic amines) is 1. The summed E-state index contributed by atoms with van der Waals surface area (Å²) >= 11 is 0. The fraction of sp³-hybridized carbons (Fsp3) is 0.786. The van der Waals surface area contributed by atoms with E-state index < -0.39 is 0 Å². The van der Waals surface area contributed by atoms with Crippen molar-refractivity contribution in [3.63, 3.8) is 0 Å². The Morgan fingerprint density at radius 1 is 1.16 bits per heavy atom.